The van der Waals surface area contributed by atoms with E-state index in [-0.39, 0.29) is 5.91 Å². The van der Waals surface area contributed by atoms with Gasteiger partial charge in [-0.3, -0.25) is 4.79 Å². The molecule has 0 saturated carbocycles. The summed E-state index contributed by atoms with van der Waals surface area (Å²) < 4.78 is 0. The molecule has 1 saturated heterocycles. The maximum atomic E-state index is 12.0. The molecular weight excluding hydrogens is 222 g/mol. The molecule has 4 nitrogen and oxygen atoms in total. The van der Waals surface area contributed by atoms with Crippen molar-refractivity contribution in [2.45, 2.75) is 25.8 Å². The second-order valence-electron chi connectivity index (χ2n) is 4.22. The Kier molecular flexibility index (Phi) is 3.56. The lowest BCUT2D eigenvalue weighted by atomic mass is 10.2. The van der Waals surface area contributed by atoms with Crippen LogP contribution in [0.25, 0.3) is 0 Å². The Balaban J connectivity index is 1.93. The van der Waals surface area contributed by atoms with Crippen LogP contribution in [0.2, 0.25) is 0 Å². The summed E-state index contributed by atoms with van der Waals surface area (Å²) >= 11 is 1.46. The van der Waals surface area contributed by atoms with Gasteiger partial charge in [0.15, 0.2) is 0 Å². The molecular formula is C11H17N3OS. The summed E-state index contributed by atoms with van der Waals surface area (Å²) in [7, 11) is 1.86. The number of hydrogen-bond donors (Lipinski definition) is 1. The summed E-state index contributed by atoms with van der Waals surface area (Å²) in [6, 6.07) is 0.461. The largest absolute Gasteiger partial charge is 0.339 e. The van der Waals surface area contributed by atoms with E-state index in [1.165, 1.54) is 24.2 Å². The van der Waals surface area contributed by atoms with Crippen LogP contribution >= 0.6 is 11.3 Å². The first kappa shape index (κ1) is 11.5. The fourth-order valence-corrected chi connectivity index (χ4v) is 2.75. The predicted molar refractivity (Wildman–Crippen MR) is 64.8 cm³/mol. The molecule has 1 fully saturated rings. The van der Waals surface area contributed by atoms with Crippen LogP contribution in [0, 0.1) is 6.92 Å². The first-order valence-electron chi connectivity index (χ1n) is 5.58. The van der Waals surface area contributed by atoms with Crippen LogP contribution in [0.4, 0.5) is 0 Å². The van der Waals surface area contributed by atoms with Gasteiger partial charge in [-0.15, -0.1) is 11.3 Å². The van der Waals surface area contributed by atoms with Crippen molar-refractivity contribution in [2.75, 3.05) is 20.1 Å². The molecule has 2 heterocycles. The Bertz CT molecular complexity index is 371. The lowest BCUT2D eigenvalue weighted by molar-refractivity contribution is 0.0788. The van der Waals surface area contributed by atoms with E-state index in [9.17, 15) is 4.79 Å². The number of likely N-dealkylation sites (N-methyl/N-ethyl adjacent to an activating group) is 1. The zero-order chi connectivity index (χ0) is 11.5. The highest BCUT2D eigenvalue weighted by molar-refractivity contribution is 7.13. The number of thiazole rings is 1. The van der Waals surface area contributed by atoms with Crippen molar-refractivity contribution in [3.8, 4) is 0 Å². The Morgan fingerprint density at radius 3 is 3.12 bits per heavy atom. The number of nitrogens with zero attached hydrogens (tertiary/aromatic N) is 2. The highest BCUT2D eigenvalue weighted by Crippen LogP contribution is 2.14. The van der Waals surface area contributed by atoms with Crippen molar-refractivity contribution in [3.63, 3.8) is 0 Å². The normalized spacial score (nSPS) is 20.0. The van der Waals surface area contributed by atoms with Gasteiger partial charge >= 0.3 is 0 Å². The number of carbonyl (C=O) groups excluding carboxylic acids is 1. The van der Waals surface area contributed by atoms with Gasteiger partial charge in [0.25, 0.3) is 5.91 Å². The molecule has 1 aromatic rings. The molecule has 1 N–H and O–H groups in total. The Morgan fingerprint density at radius 2 is 2.56 bits per heavy atom. The predicted octanol–water partition coefficient (Wildman–Crippen LogP) is 1.28. The summed E-state index contributed by atoms with van der Waals surface area (Å²) in [6.07, 6.45) is 4.05. The van der Waals surface area contributed by atoms with Gasteiger partial charge < -0.3 is 10.2 Å². The van der Waals surface area contributed by atoms with Crippen molar-refractivity contribution in [3.05, 3.63) is 16.1 Å². The fraction of sp³-hybridized carbons (Fsp3) is 0.636. The third-order valence-electron chi connectivity index (χ3n) is 2.84. The minimum Gasteiger partial charge on any atom is -0.339 e. The van der Waals surface area contributed by atoms with Crippen LogP contribution in [0.5, 0.6) is 0 Å². The van der Waals surface area contributed by atoms with Gasteiger partial charge in [0.2, 0.25) is 0 Å². The summed E-state index contributed by atoms with van der Waals surface area (Å²) in [6.45, 7) is 3.78. The zero-order valence-electron chi connectivity index (χ0n) is 9.69. The molecule has 0 bridgehead atoms. The van der Waals surface area contributed by atoms with Crippen LogP contribution in [0.15, 0.2) is 6.20 Å². The van der Waals surface area contributed by atoms with E-state index in [1.54, 1.807) is 11.1 Å². The zero-order valence-corrected chi connectivity index (χ0v) is 10.5. The fourth-order valence-electron chi connectivity index (χ4n) is 1.97. The molecule has 0 aliphatic carbocycles. The molecule has 16 heavy (non-hydrogen) atoms. The average Bonchev–Trinajstić information content (AvgIpc) is 2.88. The standard InChI is InChI=1S/C11H17N3OS/c1-8-13-6-10(16-8)11(15)14(2)7-9-4-3-5-12-9/h6,9,12H,3-5,7H2,1-2H3. The van der Waals surface area contributed by atoms with Crippen LogP contribution < -0.4 is 5.32 Å². The van der Waals surface area contributed by atoms with E-state index in [4.69, 9.17) is 0 Å². The number of hydrogen-bond acceptors (Lipinski definition) is 4. The summed E-state index contributed by atoms with van der Waals surface area (Å²) in [5, 5.41) is 4.33. The lowest BCUT2D eigenvalue weighted by Gasteiger charge is -2.20. The summed E-state index contributed by atoms with van der Waals surface area (Å²) in [5.41, 5.74) is 0. The van der Waals surface area contributed by atoms with E-state index in [0.29, 0.717) is 6.04 Å². The SMILES string of the molecule is Cc1ncc(C(=O)N(C)CC2CCCN2)s1. The van der Waals surface area contributed by atoms with E-state index in [0.717, 1.165) is 23.0 Å². The average molecular weight is 239 g/mol. The molecule has 5 heteroatoms. The quantitative estimate of drug-likeness (QED) is 0.864. The molecule has 1 aliphatic rings. The van der Waals surface area contributed by atoms with Crippen molar-refractivity contribution >= 4 is 17.2 Å². The molecule has 1 aromatic heterocycles. The molecule has 1 unspecified atom stereocenters. The molecule has 0 aromatic carbocycles. The highest BCUT2D eigenvalue weighted by Gasteiger charge is 2.20. The molecule has 0 radical (unpaired) electrons. The number of nitrogens with one attached hydrogen (secondary N) is 1. The Labute approximate surface area is 99.7 Å². The van der Waals surface area contributed by atoms with Gasteiger partial charge in [-0.05, 0) is 26.3 Å². The van der Waals surface area contributed by atoms with Gasteiger partial charge in [0.05, 0.1) is 11.2 Å². The second kappa shape index (κ2) is 4.93. The van der Waals surface area contributed by atoms with Crippen molar-refractivity contribution in [2.24, 2.45) is 0 Å². The number of aromatic nitrogens is 1. The highest BCUT2D eigenvalue weighted by atomic mass is 32.1. The van der Waals surface area contributed by atoms with Crippen LogP contribution in [0.3, 0.4) is 0 Å². The molecule has 1 amide bonds. The minimum absolute atomic E-state index is 0.0827. The smallest absolute Gasteiger partial charge is 0.265 e. The van der Waals surface area contributed by atoms with Gasteiger partial charge in [-0.2, -0.15) is 0 Å². The van der Waals surface area contributed by atoms with E-state index in [1.807, 2.05) is 14.0 Å². The van der Waals surface area contributed by atoms with Crippen molar-refractivity contribution < 1.29 is 4.79 Å². The maximum absolute atomic E-state index is 12.0. The van der Waals surface area contributed by atoms with Crippen LogP contribution in [-0.2, 0) is 0 Å². The van der Waals surface area contributed by atoms with Crippen LogP contribution in [0.1, 0.15) is 27.5 Å². The number of carbonyl (C=O) groups is 1. The van der Waals surface area contributed by atoms with E-state index in [2.05, 4.69) is 10.3 Å². The number of rotatable bonds is 3. The van der Waals surface area contributed by atoms with Crippen molar-refractivity contribution in [1.82, 2.24) is 15.2 Å². The van der Waals surface area contributed by atoms with Crippen LogP contribution in [-0.4, -0.2) is 42.0 Å². The third kappa shape index (κ3) is 2.59. The molecule has 1 aliphatic heterocycles. The monoisotopic (exact) mass is 239 g/mol. The number of amides is 1. The first-order chi connectivity index (χ1) is 7.66. The topological polar surface area (TPSA) is 45.2 Å². The second-order valence-corrected chi connectivity index (χ2v) is 5.46. The molecule has 88 valence electrons. The van der Waals surface area contributed by atoms with Crippen molar-refractivity contribution in [1.29, 1.82) is 0 Å². The van der Waals surface area contributed by atoms with Gasteiger partial charge in [0, 0.05) is 19.6 Å². The molecule has 1 atom stereocenters. The van der Waals surface area contributed by atoms with E-state index < -0.39 is 0 Å². The first-order valence-corrected chi connectivity index (χ1v) is 6.40. The minimum atomic E-state index is 0.0827. The Morgan fingerprint density at radius 1 is 1.75 bits per heavy atom. The third-order valence-corrected chi connectivity index (χ3v) is 3.74. The maximum Gasteiger partial charge on any atom is 0.265 e. The van der Waals surface area contributed by atoms with E-state index >= 15 is 0 Å². The summed E-state index contributed by atoms with van der Waals surface area (Å²) in [5.74, 6) is 0.0827. The van der Waals surface area contributed by atoms with Gasteiger partial charge in [-0.25, -0.2) is 4.98 Å². The van der Waals surface area contributed by atoms with Gasteiger partial charge in [-0.1, -0.05) is 0 Å². The lowest BCUT2D eigenvalue weighted by Crippen LogP contribution is -2.38. The Hall–Kier alpha value is -0.940. The number of aryl methyl sites for hydroxylation is 1. The molecule has 2 rings (SSSR count). The summed E-state index contributed by atoms with van der Waals surface area (Å²) in [4.78, 5) is 18.6. The van der Waals surface area contributed by atoms with Gasteiger partial charge in [0.1, 0.15) is 4.88 Å². The molecule has 0 spiro atoms.